The van der Waals surface area contributed by atoms with E-state index in [4.69, 9.17) is 23.2 Å². The highest BCUT2D eigenvalue weighted by atomic mass is 127. The van der Waals surface area contributed by atoms with Crippen LogP contribution < -0.4 is 10.6 Å². The minimum absolute atomic E-state index is 0.229. The van der Waals surface area contributed by atoms with Crippen molar-refractivity contribution in [2.24, 2.45) is 0 Å². The molecule has 5 nitrogen and oxygen atoms in total. The van der Waals surface area contributed by atoms with Crippen LogP contribution >= 0.6 is 45.8 Å². The summed E-state index contributed by atoms with van der Waals surface area (Å²) in [6.45, 7) is 0. The molecule has 1 heterocycles. The fraction of sp³-hybridized carbons (Fsp3) is 0. The molecule has 8 heteroatoms. The zero-order chi connectivity index (χ0) is 19.4. The van der Waals surface area contributed by atoms with Gasteiger partial charge in [0.1, 0.15) is 0 Å². The zero-order valence-electron chi connectivity index (χ0n) is 13.7. The molecular weight excluding hydrogens is 500 g/mol. The molecule has 0 saturated heterocycles. The summed E-state index contributed by atoms with van der Waals surface area (Å²) in [5.41, 5.74) is 1.51. The van der Waals surface area contributed by atoms with E-state index in [9.17, 15) is 9.59 Å². The van der Waals surface area contributed by atoms with E-state index in [1.807, 2.05) is 0 Å². The van der Waals surface area contributed by atoms with Crippen LogP contribution in [-0.4, -0.2) is 16.8 Å². The number of aromatic nitrogens is 1. The number of pyridine rings is 1. The Labute approximate surface area is 179 Å². The van der Waals surface area contributed by atoms with Crippen LogP contribution in [0.3, 0.4) is 0 Å². The van der Waals surface area contributed by atoms with Gasteiger partial charge in [0.15, 0.2) is 0 Å². The van der Waals surface area contributed by atoms with Gasteiger partial charge in [0.2, 0.25) is 0 Å². The molecule has 3 rings (SSSR count). The first-order chi connectivity index (χ1) is 12.9. The third-order valence-electron chi connectivity index (χ3n) is 3.57. The molecule has 0 spiro atoms. The molecule has 0 atom stereocenters. The Bertz CT molecular complexity index is 1010. The Kier molecular flexibility index (Phi) is 6.30. The first-order valence-electron chi connectivity index (χ1n) is 7.71. The minimum atomic E-state index is -0.437. The molecule has 2 aromatic carbocycles. The highest BCUT2D eigenvalue weighted by Crippen LogP contribution is 2.24. The number of nitrogens with zero attached hydrogens (tertiary/aromatic N) is 1. The predicted octanol–water partition coefficient (Wildman–Crippen LogP) is 5.50. The largest absolute Gasteiger partial charge is 0.321 e. The number of amides is 2. The SMILES string of the molecule is O=C(Nc1ccc(I)cc1C(=O)Nc1cccnc1)c1ccc(Cl)cc1Cl. The van der Waals surface area contributed by atoms with Gasteiger partial charge in [0.25, 0.3) is 11.8 Å². The Hall–Kier alpha value is -2.16. The molecule has 0 fully saturated rings. The summed E-state index contributed by atoms with van der Waals surface area (Å²) < 4.78 is 0.853. The van der Waals surface area contributed by atoms with Crippen molar-refractivity contribution >= 4 is 69.0 Å². The molecule has 0 aliphatic rings. The number of carbonyl (C=O) groups is 2. The number of benzene rings is 2. The van der Waals surface area contributed by atoms with Crippen molar-refractivity contribution in [1.29, 1.82) is 0 Å². The number of hydrogen-bond donors (Lipinski definition) is 2. The molecule has 2 amide bonds. The number of halogens is 3. The summed E-state index contributed by atoms with van der Waals surface area (Å²) in [7, 11) is 0. The first kappa shape index (κ1) is 19.6. The van der Waals surface area contributed by atoms with Gasteiger partial charge >= 0.3 is 0 Å². The molecule has 0 unspecified atom stereocenters. The van der Waals surface area contributed by atoms with Crippen LogP contribution in [-0.2, 0) is 0 Å². The zero-order valence-corrected chi connectivity index (χ0v) is 17.3. The van der Waals surface area contributed by atoms with Gasteiger partial charge in [-0.15, -0.1) is 0 Å². The maximum absolute atomic E-state index is 12.7. The molecule has 2 N–H and O–H groups in total. The normalized spacial score (nSPS) is 10.3. The smallest absolute Gasteiger partial charge is 0.257 e. The lowest BCUT2D eigenvalue weighted by atomic mass is 10.1. The van der Waals surface area contributed by atoms with E-state index in [1.165, 1.54) is 18.3 Å². The van der Waals surface area contributed by atoms with Crippen LogP contribution in [0.4, 0.5) is 11.4 Å². The molecule has 0 saturated carbocycles. The number of rotatable bonds is 4. The second-order valence-electron chi connectivity index (χ2n) is 5.46. The summed E-state index contributed by atoms with van der Waals surface area (Å²) in [6, 6.07) is 13.2. The topological polar surface area (TPSA) is 71.1 Å². The van der Waals surface area contributed by atoms with Gasteiger partial charge in [-0.3, -0.25) is 14.6 Å². The standard InChI is InChI=1S/C19H12Cl2IN3O2/c20-11-3-5-14(16(21)8-11)18(26)25-17-6-4-12(22)9-15(17)19(27)24-13-2-1-7-23-10-13/h1-10H,(H,24,27)(H,25,26). The second kappa shape index (κ2) is 8.69. The monoisotopic (exact) mass is 511 g/mol. The fourth-order valence-electron chi connectivity index (χ4n) is 2.31. The van der Waals surface area contributed by atoms with Gasteiger partial charge in [-0.1, -0.05) is 23.2 Å². The molecule has 136 valence electrons. The van der Waals surface area contributed by atoms with Crippen LogP contribution in [0.1, 0.15) is 20.7 Å². The van der Waals surface area contributed by atoms with Crippen molar-refractivity contribution in [1.82, 2.24) is 4.98 Å². The quantitative estimate of drug-likeness (QED) is 0.454. The third-order valence-corrected chi connectivity index (χ3v) is 4.79. The molecule has 0 bridgehead atoms. The summed E-state index contributed by atoms with van der Waals surface area (Å²) >= 11 is 14.1. The Balaban J connectivity index is 1.87. The summed E-state index contributed by atoms with van der Waals surface area (Å²) in [5, 5.41) is 6.15. The molecule has 0 aliphatic heterocycles. The van der Waals surface area contributed by atoms with E-state index >= 15 is 0 Å². The third kappa shape index (κ3) is 4.97. The van der Waals surface area contributed by atoms with Crippen molar-refractivity contribution in [2.75, 3.05) is 10.6 Å². The number of anilines is 2. The van der Waals surface area contributed by atoms with Gasteiger partial charge < -0.3 is 10.6 Å². The number of carbonyl (C=O) groups excluding carboxylic acids is 2. The van der Waals surface area contributed by atoms with Gasteiger partial charge in [-0.25, -0.2) is 0 Å². The summed E-state index contributed by atoms with van der Waals surface area (Å²) in [6.07, 6.45) is 3.15. The number of hydrogen-bond acceptors (Lipinski definition) is 3. The van der Waals surface area contributed by atoms with Crippen LogP contribution in [0.2, 0.25) is 10.0 Å². The summed E-state index contributed by atoms with van der Waals surface area (Å²) in [5.74, 6) is -0.799. The Morgan fingerprint density at radius 3 is 2.41 bits per heavy atom. The Morgan fingerprint density at radius 2 is 1.70 bits per heavy atom. The lowest BCUT2D eigenvalue weighted by Crippen LogP contribution is -2.18. The van der Waals surface area contributed by atoms with Gasteiger partial charge in [-0.2, -0.15) is 0 Å². The van der Waals surface area contributed by atoms with E-state index in [1.54, 1.807) is 42.6 Å². The average Bonchev–Trinajstić information content (AvgIpc) is 2.63. The molecule has 1 aromatic heterocycles. The maximum Gasteiger partial charge on any atom is 0.257 e. The predicted molar refractivity (Wildman–Crippen MR) is 116 cm³/mol. The summed E-state index contributed by atoms with van der Waals surface area (Å²) in [4.78, 5) is 29.2. The molecule has 27 heavy (non-hydrogen) atoms. The van der Waals surface area contributed by atoms with Crippen molar-refractivity contribution in [3.05, 3.63) is 85.7 Å². The van der Waals surface area contributed by atoms with Gasteiger partial charge in [0, 0.05) is 14.8 Å². The van der Waals surface area contributed by atoms with Crippen LogP contribution in [0, 0.1) is 3.57 Å². The Morgan fingerprint density at radius 1 is 0.926 bits per heavy atom. The van der Waals surface area contributed by atoms with Gasteiger partial charge in [-0.05, 0) is 71.1 Å². The van der Waals surface area contributed by atoms with Crippen molar-refractivity contribution in [3.63, 3.8) is 0 Å². The highest BCUT2D eigenvalue weighted by Gasteiger charge is 2.17. The van der Waals surface area contributed by atoms with E-state index in [-0.39, 0.29) is 16.5 Å². The van der Waals surface area contributed by atoms with E-state index in [2.05, 4.69) is 38.2 Å². The van der Waals surface area contributed by atoms with Crippen LogP contribution in [0.5, 0.6) is 0 Å². The van der Waals surface area contributed by atoms with E-state index in [0.29, 0.717) is 22.0 Å². The van der Waals surface area contributed by atoms with Crippen LogP contribution in [0.15, 0.2) is 60.9 Å². The van der Waals surface area contributed by atoms with Gasteiger partial charge in [0.05, 0.1) is 33.7 Å². The lowest BCUT2D eigenvalue weighted by molar-refractivity contribution is 0.102. The van der Waals surface area contributed by atoms with E-state index < -0.39 is 5.91 Å². The molecular formula is C19H12Cl2IN3O2. The van der Waals surface area contributed by atoms with E-state index in [0.717, 1.165) is 3.57 Å². The van der Waals surface area contributed by atoms with Crippen molar-refractivity contribution < 1.29 is 9.59 Å². The first-order valence-corrected chi connectivity index (χ1v) is 9.55. The molecule has 3 aromatic rings. The van der Waals surface area contributed by atoms with Crippen LogP contribution in [0.25, 0.3) is 0 Å². The highest BCUT2D eigenvalue weighted by molar-refractivity contribution is 14.1. The maximum atomic E-state index is 12.7. The molecule has 0 aliphatic carbocycles. The second-order valence-corrected chi connectivity index (χ2v) is 7.55. The van der Waals surface area contributed by atoms with Crippen molar-refractivity contribution in [2.45, 2.75) is 0 Å². The lowest BCUT2D eigenvalue weighted by Gasteiger charge is -2.13. The number of nitrogens with one attached hydrogen (secondary N) is 2. The minimum Gasteiger partial charge on any atom is -0.321 e. The molecule has 0 radical (unpaired) electrons. The van der Waals surface area contributed by atoms with Crippen molar-refractivity contribution in [3.8, 4) is 0 Å². The average molecular weight is 512 g/mol. The fourth-order valence-corrected chi connectivity index (χ4v) is 3.30.